The summed E-state index contributed by atoms with van der Waals surface area (Å²) in [7, 11) is 0. The lowest BCUT2D eigenvalue weighted by Gasteiger charge is -2.25. The van der Waals surface area contributed by atoms with Gasteiger partial charge in [0.2, 0.25) is 0 Å². The summed E-state index contributed by atoms with van der Waals surface area (Å²) in [6.07, 6.45) is 1.47. The molecular formula is C21H19ClF3N5O. The van der Waals surface area contributed by atoms with Crippen LogP contribution in [0.15, 0.2) is 48.8 Å². The number of carbonyl (C=O) groups excluding carboxylic acids is 1. The number of nitrogens with one attached hydrogen (secondary N) is 2. The Hall–Kier alpha value is -3.07. The molecule has 1 aliphatic carbocycles. The third-order valence-corrected chi connectivity index (χ3v) is 5.36. The molecule has 0 radical (unpaired) electrons. The Kier molecular flexibility index (Phi) is 5.86. The van der Waals surface area contributed by atoms with Gasteiger partial charge in [0.25, 0.3) is 0 Å². The van der Waals surface area contributed by atoms with E-state index in [4.69, 9.17) is 11.6 Å². The highest BCUT2D eigenvalue weighted by atomic mass is 35.5. The summed E-state index contributed by atoms with van der Waals surface area (Å²) < 4.78 is 40.8. The fourth-order valence-corrected chi connectivity index (χ4v) is 3.86. The number of fused-ring (bicyclic) bond motifs is 1. The van der Waals surface area contributed by atoms with Crippen LogP contribution in [0.3, 0.4) is 0 Å². The molecule has 4 rings (SSSR count). The molecule has 2 N–H and O–H groups in total. The standard InChI is InChI=1S/C21H19ClF3N5O/c22-14-4-2-5-15(9-14)30-16(10-19(29-30)21(23,24)25)11-27-20(31)28-18-6-1-3-13-7-8-26-12-17(13)18/h2,4-5,7-10,12,18H,1,3,6,11H2,(H2,27,28,31). The molecule has 2 heterocycles. The number of hydrogen-bond donors (Lipinski definition) is 2. The molecule has 2 amide bonds. The van der Waals surface area contributed by atoms with E-state index < -0.39 is 17.9 Å². The second-order valence-electron chi connectivity index (χ2n) is 7.26. The third-order valence-electron chi connectivity index (χ3n) is 5.12. The molecule has 1 aliphatic rings. The van der Waals surface area contributed by atoms with E-state index in [-0.39, 0.29) is 18.3 Å². The molecule has 3 aromatic rings. The Morgan fingerprint density at radius 1 is 1.26 bits per heavy atom. The number of hydrogen-bond acceptors (Lipinski definition) is 3. The lowest BCUT2D eigenvalue weighted by molar-refractivity contribution is -0.141. The van der Waals surface area contributed by atoms with Crippen molar-refractivity contribution in [1.29, 1.82) is 0 Å². The Labute approximate surface area is 181 Å². The Balaban J connectivity index is 1.50. The van der Waals surface area contributed by atoms with Gasteiger partial charge >= 0.3 is 12.2 Å². The number of benzene rings is 1. The molecule has 1 aromatic carbocycles. The topological polar surface area (TPSA) is 71.8 Å². The van der Waals surface area contributed by atoms with Gasteiger partial charge in [0, 0.05) is 17.4 Å². The Bertz CT molecular complexity index is 1100. The van der Waals surface area contributed by atoms with E-state index in [0.29, 0.717) is 10.7 Å². The van der Waals surface area contributed by atoms with Crippen molar-refractivity contribution < 1.29 is 18.0 Å². The van der Waals surface area contributed by atoms with Crippen LogP contribution in [0.5, 0.6) is 0 Å². The molecular weight excluding hydrogens is 431 g/mol. The van der Waals surface area contributed by atoms with Crippen molar-refractivity contribution in [3.8, 4) is 5.69 Å². The molecule has 1 unspecified atom stereocenters. The number of urea groups is 1. The number of aromatic nitrogens is 3. The highest BCUT2D eigenvalue weighted by Crippen LogP contribution is 2.30. The second kappa shape index (κ2) is 8.58. The van der Waals surface area contributed by atoms with Crippen LogP contribution in [0.1, 0.15) is 41.4 Å². The van der Waals surface area contributed by atoms with E-state index in [2.05, 4.69) is 20.7 Å². The van der Waals surface area contributed by atoms with Gasteiger partial charge in [0.1, 0.15) is 0 Å². The predicted octanol–water partition coefficient (Wildman–Crippen LogP) is 4.82. The van der Waals surface area contributed by atoms with Gasteiger partial charge < -0.3 is 10.6 Å². The van der Waals surface area contributed by atoms with Gasteiger partial charge in [-0.15, -0.1) is 0 Å². The SMILES string of the molecule is O=C(NCc1cc(C(F)(F)F)nn1-c1cccc(Cl)c1)NC1CCCc2ccncc21. The van der Waals surface area contributed by atoms with Crippen LogP contribution in [-0.4, -0.2) is 20.8 Å². The second-order valence-corrected chi connectivity index (χ2v) is 7.69. The molecule has 2 aromatic heterocycles. The van der Waals surface area contributed by atoms with Crippen molar-refractivity contribution in [2.45, 2.75) is 38.0 Å². The highest BCUT2D eigenvalue weighted by Gasteiger charge is 2.35. The smallest absolute Gasteiger partial charge is 0.332 e. The normalized spacial score (nSPS) is 15.9. The number of halogens is 4. The first kappa shape index (κ1) is 21.2. The minimum Gasteiger partial charge on any atom is -0.332 e. The Morgan fingerprint density at radius 2 is 2.10 bits per heavy atom. The van der Waals surface area contributed by atoms with Gasteiger partial charge in [-0.2, -0.15) is 18.3 Å². The number of pyridine rings is 1. The molecule has 0 saturated heterocycles. The zero-order chi connectivity index (χ0) is 22.0. The molecule has 10 heteroatoms. The maximum Gasteiger partial charge on any atom is 0.435 e. The van der Waals surface area contributed by atoms with Gasteiger partial charge in [-0.25, -0.2) is 9.48 Å². The van der Waals surface area contributed by atoms with E-state index in [1.807, 2.05) is 6.07 Å². The highest BCUT2D eigenvalue weighted by molar-refractivity contribution is 6.30. The van der Waals surface area contributed by atoms with Crippen LogP contribution in [0.4, 0.5) is 18.0 Å². The monoisotopic (exact) mass is 449 g/mol. The van der Waals surface area contributed by atoms with Crippen LogP contribution in [0.2, 0.25) is 5.02 Å². The minimum atomic E-state index is -4.61. The summed E-state index contributed by atoms with van der Waals surface area (Å²) in [4.78, 5) is 16.6. The first-order chi connectivity index (χ1) is 14.8. The van der Waals surface area contributed by atoms with Crippen molar-refractivity contribution in [3.63, 3.8) is 0 Å². The zero-order valence-electron chi connectivity index (χ0n) is 16.3. The Morgan fingerprint density at radius 3 is 2.87 bits per heavy atom. The van der Waals surface area contributed by atoms with Crippen molar-refractivity contribution in [1.82, 2.24) is 25.4 Å². The summed E-state index contributed by atoms with van der Waals surface area (Å²) in [5, 5.41) is 9.56. The van der Waals surface area contributed by atoms with Crippen LogP contribution in [0.25, 0.3) is 5.69 Å². The number of amides is 2. The lowest BCUT2D eigenvalue weighted by Crippen LogP contribution is -2.39. The average molecular weight is 450 g/mol. The third kappa shape index (κ3) is 4.82. The minimum absolute atomic E-state index is 0.145. The number of alkyl halides is 3. The molecule has 0 saturated carbocycles. The fraction of sp³-hybridized carbons (Fsp3) is 0.286. The van der Waals surface area contributed by atoms with Crippen molar-refractivity contribution in [3.05, 3.63) is 76.3 Å². The summed E-state index contributed by atoms with van der Waals surface area (Å²) in [6.45, 7) is -0.145. The van der Waals surface area contributed by atoms with E-state index in [0.717, 1.165) is 41.1 Å². The maximum absolute atomic E-state index is 13.2. The van der Waals surface area contributed by atoms with Crippen molar-refractivity contribution in [2.24, 2.45) is 0 Å². The molecule has 0 fully saturated rings. The molecule has 0 aliphatic heterocycles. The zero-order valence-corrected chi connectivity index (χ0v) is 17.0. The van der Waals surface area contributed by atoms with Crippen molar-refractivity contribution >= 4 is 17.6 Å². The number of carbonyl (C=O) groups is 1. The quantitative estimate of drug-likeness (QED) is 0.600. The average Bonchev–Trinajstić information content (AvgIpc) is 3.17. The van der Waals surface area contributed by atoms with Crippen LogP contribution in [-0.2, 0) is 19.1 Å². The molecule has 31 heavy (non-hydrogen) atoms. The lowest BCUT2D eigenvalue weighted by atomic mass is 9.89. The van der Waals surface area contributed by atoms with Gasteiger partial charge in [-0.1, -0.05) is 17.7 Å². The number of nitrogens with zero attached hydrogens (tertiary/aromatic N) is 3. The van der Waals surface area contributed by atoms with Crippen LogP contribution in [0, 0.1) is 0 Å². The van der Waals surface area contributed by atoms with Gasteiger partial charge in [0.15, 0.2) is 5.69 Å². The van der Waals surface area contributed by atoms with Gasteiger partial charge in [-0.05, 0) is 60.7 Å². The van der Waals surface area contributed by atoms with E-state index in [1.165, 1.54) is 6.07 Å². The first-order valence-corrected chi connectivity index (χ1v) is 10.1. The van der Waals surface area contributed by atoms with Crippen molar-refractivity contribution in [2.75, 3.05) is 0 Å². The predicted molar refractivity (Wildman–Crippen MR) is 109 cm³/mol. The van der Waals surface area contributed by atoms with E-state index >= 15 is 0 Å². The first-order valence-electron chi connectivity index (χ1n) is 9.70. The maximum atomic E-state index is 13.2. The fourth-order valence-electron chi connectivity index (χ4n) is 3.67. The largest absolute Gasteiger partial charge is 0.435 e. The number of aryl methyl sites for hydroxylation is 1. The molecule has 162 valence electrons. The number of rotatable bonds is 4. The van der Waals surface area contributed by atoms with E-state index in [1.54, 1.807) is 30.6 Å². The molecule has 1 atom stereocenters. The molecule has 6 nitrogen and oxygen atoms in total. The summed E-state index contributed by atoms with van der Waals surface area (Å²) in [6, 6.07) is 8.51. The van der Waals surface area contributed by atoms with E-state index in [9.17, 15) is 18.0 Å². The molecule has 0 bridgehead atoms. The van der Waals surface area contributed by atoms with Crippen LogP contribution < -0.4 is 10.6 Å². The van der Waals surface area contributed by atoms with Gasteiger partial charge in [0.05, 0.1) is 24.0 Å². The summed E-state index contributed by atoms with van der Waals surface area (Å²) in [5.74, 6) is 0. The molecule has 0 spiro atoms. The van der Waals surface area contributed by atoms with Crippen LogP contribution >= 0.6 is 11.6 Å². The van der Waals surface area contributed by atoms with Gasteiger partial charge in [-0.3, -0.25) is 4.98 Å². The summed E-state index contributed by atoms with van der Waals surface area (Å²) >= 11 is 5.97. The summed E-state index contributed by atoms with van der Waals surface area (Å²) in [5.41, 5.74) is 1.60.